The number of ether oxygens (including phenoxy) is 2. The van der Waals surface area contributed by atoms with Crippen LogP contribution in [0.15, 0.2) is 42.5 Å². The first-order valence-electron chi connectivity index (χ1n) is 6.96. The minimum Gasteiger partial charge on any atom is -0.507 e. The van der Waals surface area contributed by atoms with E-state index >= 15 is 0 Å². The lowest BCUT2D eigenvalue weighted by atomic mass is 9.99. The summed E-state index contributed by atoms with van der Waals surface area (Å²) in [5.41, 5.74) is 1.23. The van der Waals surface area contributed by atoms with Gasteiger partial charge < -0.3 is 14.6 Å². The molecule has 0 bridgehead atoms. The van der Waals surface area contributed by atoms with Gasteiger partial charge in [-0.15, -0.1) is 0 Å². The number of carbonyl (C=O) groups excluding carboxylic acids is 2. The molecule has 0 aliphatic carbocycles. The van der Waals surface area contributed by atoms with Crippen molar-refractivity contribution in [2.75, 3.05) is 7.11 Å². The zero-order chi connectivity index (χ0) is 16.4. The fraction of sp³-hybridized carbons (Fsp3) is 0.111. The fourth-order valence-corrected chi connectivity index (χ4v) is 2.62. The number of hydrogen-bond acceptors (Lipinski definition) is 5. The highest BCUT2D eigenvalue weighted by molar-refractivity contribution is 6.07. The van der Waals surface area contributed by atoms with E-state index in [4.69, 9.17) is 9.47 Å². The second kappa shape index (κ2) is 5.96. The molecule has 0 fully saturated rings. The average Bonchev–Trinajstić information content (AvgIpc) is 2.58. The Balaban J connectivity index is 2.19. The number of benzene rings is 3. The van der Waals surface area contributed by atoms with Gasteiger partial charge in [0.1, 0.15) is 12.4 Å². The van der Waals surface area contributed by atoms with Gasteiger partial charge in [-0.25, -0.2) is 4.79 Å². The summed E-state index contributed by atoms with van der Waals surface area (Å²) in [5, 5.41) is 13.3. The first kappa shape index (κ1) is 14.8. The highest BCUT2D eigenvalue weighted by atomic mass is 16.5. The van der Waals surface area contributed by atoms with Gasteiger partial charge in [0.25, 0.3) is 6.47 Å². The highest BCUT2D eigenvalue weighted by Crippen LogP contribution is 2.34. The largest absolute Gasteiger partial charge is 0.507 e. The summed E-state index contributed by atoms with van der Waals surface area (Å²) in [5.74, 6) is -0.281. The average molecular weight is 310 g/mol. The molecule has 0 unspecified atom stereocenters. The smallest absolute Gasteiger partial charge is 0.337 e. The molecule has 0 saturated heterocycles. The van der Waals surface area contributed by atoms with E-state index in [9.17, 15) is 14.7 Å². The summed E-state index contributed by atoms with van der Waals surface area (Å²) >= 11 is 0. The van der Waals surface area contributed by atoms with Crippen molar-refractivity contribution in [3.8, 4) is 5.75 Å². The van der Waals surface area contributed by atoms with Crippen LogP contribution < -0.4 is 0 Å². The van der Waals surface area contributed by atoms with Gasteiger partial charge >= 0.3 is 5.97 Å². The normalized spacial score (nSPS) is 10.7. The molecule has 3 rings (SSSR count). The monoisotopic (exact) mass is 310 g/mol. The second-order valence-electron chi connectivity index (χ2n) is 5.12. The number of hydrogen-bond donors (Lipinski definition) is 1. The Morgan fingerprint density at radius 3 is 2.48 bits per heavy atom. The van der Waals surface area contributed by atoms with Gasteiger partial charge in [-0.1, -0.05) is 12.1 Å². The molecule has 0 heterocycles. The Kier molecular flexibility index (Phi) is 3.85. The first-order chi connectivity index (χ1) is 11.1. The minimum atomic E-state index is -0.431. The van der Waals surface area contributed by atoms with Crippen molar-refractivity contribution in [2.45, 2.75) is 6.61 Å². The molecular formula is C18H14O5. The van der Waals surface area contributed by atoms with E-state index in [0.717, 1.165) is 16.3 Å². The molecule has 5 nitrogen and oxygen atoms in total. The molecule has 3 aromatic rings. The lowest BCUT2D eigenvalue weighted by Crippen LogP contribution is -2.00. The topological polar surface area (TPSA) is 72.8 Å². The number of methoxy groups -OCH3 is 1. The zero-order valence-electron chi connectivity index (χ0n) is 12.4. The summed E-state index contributed by atoms with van der Waals surface area (Å²) in [4.78, 5) is 21.9. The van der Waals surface area contributed by atoms with Crippen LogP contribution in [0.5, 0.6) is 5.75 Å². The Morgan fingerprint density at radius 1 is 1.09 bits per heavy atom. The molecule has 1 N–H and O–H groups in total. The van der Waals surface area contributed by atoms with Crippen LogP contribution in [0.3, 0.4) is 0 Å². The molecule has 116 valence electrons. The molecule has 23 heavy (non-hydrogen) atoms. The van der Waals surface area contributed by atoms with Crippen LogP contribution in [-0.2, 0) is 20.9 Å². The minimum absolute atomic E-state index is 0.150. The van der Waals surface area contributed by atoms with Crippen molar-refractivity contribution in [2.24, 2.45) is 0 Å². The van der Waals surface area contributed by atoms with Crippen molar-refractivity contribution in [3.05, 3.63) is 53.6 Å². The van der Waals surface area contributed by atoms with E-state index in [1.54, 1.807) is 30.3 Å². The van der Waals surface area contributed by atoms with Crippen molar-refractivity contribution in [1.82, 2.24) is 0 Å². The number of esters is 1. The van der Waals surface area contributed by atoms with E-state index in [1.165, 1.54) is 7.11 Å². The van der Waals surface area contributed by atoms with Crippen LogP contribution in [0.4, 0.5) is 0 Å². The number of aromatic hydroxyl groups is 1. The molecule has 0 aliphatic rings. The Hall–Kier alpha value is -3.08. The second-order valence-corrected chi connectivity index (χ2v) is 5.12. The third-order valence-corrected chi connectivity index (χ3v) is 3.73. The zero-order valence-corrected chi connectivity index (χ0v) is 12.4. The predicted molar refractivity (Wildman–Crippen MR) is 85.3 cm³/mol. The Morgan fingerprint density at radius 2 is 1.78 bits per heavy atom. The summed E-state index contributed by atoms with van der Waals surface area (Å²) in [6.07, 6.45) is 0. The molecule has 0 radical (unpaired) electrons. The Bertz CT molecular complexity index is 914. The summed E-state index contributed by atoms with van der Waals surface area (Å²) < 4.78 is 9.46. The van der Waals surface area contributed by atoms with Gasteiger partial charge in [0.05, 0.1) is 12.7 Å². The van der Waals surface area contributed by atoms with Crippen LogP contribution in [0.25, 0.3) is 21.5 Å². The maximum absolute atomic E-state index is 11.6. The van der Waals surface area contributed by atoms with Crippen LogP contribution in [-0.4, -0.2) is 24.7 Å². The molecule has 0 spiro atoms. The van der Waals surface area contributed by atoms with Gasteiger partial charge in [-0.05, 0) is 46.7 Å². The maximum atomic E-state index is 11.6. The van der Waals surface area contributed by atoms with Crippen LogP contribution >= 0.6 is 0 Å². The number of fused-ring (bicyclic) bond motifs is 2. The number of carbonyl (C=O) groups is 2. The van der Waals surface area contributed by atoms with E-state index in [0.29, 0.717) is 22.8 Å². The van der Waals surface area contributed by atoms with Crippen molar-refractivity contribution < 1.29 is 24.2 Å². The molecule has 0 saturated carbocycles. The van der Waals surface area contributed by atoms with Crippen LogP contribution in [0.2, 0.25) is 0 Å². The molecule has 0 aromatic heterocycles. The van der Waals surface area contributed by atoms with E-state index in [-0.39, 0.29) is 12.4 Å². The van der Waals surface area contributed by atoms with Crippen molar-refractivity contribution >= 4 is 34.0 Å². The van der Waals surface area contributed by atoms with Crippen LogP contribution in [0, 0.1) is 0 Å². The van der Waals surface area contributed by atoms with Gasteiger partial charge in [-0.3, -0.25) is 4.79 Å². The molecule has 0 atom stereocenters. The SMILES string of the molecule is COC(=O)c1ccc2c(O)c3ccc(COC=O)cc3cc2c1. The molecule has 3 aromatic carbocycles. The number of rotatable bonds is 4. The summed E-state index contributed by atoms with van der Waals surface area (Å²) in [6, 6.07) is 12.3. The molecular weight excluding hydrogens is 296 g/mol. The van der Waals surface area contributed by atoms with Crippen molar-refractivity contribution in [3.63, 3.8) is 0 Å². The standard InChI is InChI=1S/C18H14O5/c1-22-18(21)12-3-5-16-14(7-12)8-13-6-11(9-23-10-19)2-4-15(13)17(16)20/h2-8,10,20H,9H2,1H3. The van der Waals surface area contributed by atoms with E-state index < -0.39 is 5.97 Å². The van der Waals surface area contributed by atoms with Gasteiger partial charge in [0.15, 0.2) is 0 Å². The molecule has 0 amide bonds. The van der Waals surface area contributed by atoms with Gasteiger partial charge in [0.2, 0.25) is 0 Å². The van der Waals surface area contributed by atoms with Gasteiger partial charge in [0, 0.05) is 10.8 Å². The summed E-state index contributed by atoms with van der Waals surface area (Å²) in [7, 11) is 1.32. The predicted octanol–water partition coefficient (Wildman–Crippen LogP) is 3.16. The quantitative estimate of drug-likeness (QED) is 0.455. The maximum Gasteiger partial charge on any atom is 0.337 e. The third-order valence-electron chi connectivity index (χ3n) is 3.73. The fourth-order valence-electron chi connectivity index (χ4n) is 2.62. The third kappa shape index (κ3) is 2.68. The molecule has 0 aliphatic heterocycles. The highest BCUT2D eigenvalue weighted by Gasteiger charge is 2.11. The number of phenols is 1. The lowest BCUT2D eigenvalue weighted by Gasteiger charge is -2.09. The number of phenolic OH excluding ortho intramolecular Hbond substituents is 1. The van der Waals surface area contributed by atoms with E-state index in [2.05, 4.69) is 0 Å². The van der Waals surface area contributed by atoms with Crippen LogP contribution in [0.1, 0.15) is 15.9 Å². The van der Waals surface area contributed by atoms with E-state index in [1.807, 2.05) is 12.1 Å². The molecule has 5 heteroatoms. The van der Waals surface area contributed by atoms with Crippen molar-refractivity contribution in [1.29, 1.82) is 0 Å². The lowest BCUT2D eigenvalue weighted by molar-refractivity contribution is -0.129. The first-order valence-corrected chi connectivity index (χ1v) is 6.96. The summed E-state index contributed by atoms with van der Waals surface area (Å²) in [6.45, 7) is 0.561. The Labute approximate surface area is 132 Å². The van der Waals surface area contributed by atoms with Gasteiger partial charge in [-0.2, -0.15) is 0 Å².